The van der Waals surface area contributed by atoms with E-state index < -0.39 is 58.8 Å². The lowest BCUT2D eigenvalue weighted by atomic mass is 9.70. The number of amides is 4. The fourth-order valence-electron chi connectivity index (χ4n) is 4.51. The molecule has 4 amide bonds. The third kappa shape index (κ3) is 4.70. The van der Waals surface area contributed by atoms with Gasteiger partial charge in [-0.05, 0) is 41.8 Å². The first-order chi connectivity index (χ1) is 17.7. The third-order valence-corrected chi connectivity index (χ3v) is 6.76. The number of halogens is 5. The second kappa shape index (κ2) is 9.41. The zero-order valence-corrected chi connectivity index (χ0v) is 20.2. The van der Waals surface area contributed by atoms with Crippen molar-refractivity contribution in [2.75, 3.05) is 7.11 Å². The van der Waals surface area contributed by atoms with Gasteiger partial charge in [-0.15, -0.1) is 0 Å². The van der Waals surface area contributed by atoms with Crippen molar-refractivity contribution in [3.05, 3.63) is 64.2 Å². The minimum absolute atomic E-state index is 0.00497. The van der Waals surface area contributed by atoms with Crippen molar-refractivity contribution in [3.63, 3.8) is 0 Å². The second-order valence-electron chi connectivity index (χ2n) is 9.20. The number of rotatable bonds is 6. The largest absolute Gasteiger partial charge is 0.497 e. The second-order valence-corrected chi connectivity index (χ2v) is 9.20. The normalized spacial score (nSPS) is 19.7. The maximum atomic E-state index is 14.8. The Morgan fingerprint density at radius 2 is 1.82 bits per heavy atom. The first-order valence-corrected chi connectivity index (χ1v) is 11.4. The van der Waals surface area contributed by atoms with Crippen LogP contribution in [-0.2, 0) is 39.6 Å². The number of imide groups is 1. The molecule has 0 bridgehead atoms. The number of carbonyl (C=O) groups excluding carboxylic acids is 4. The number of alkyl halides is 5. The van der Waals surface area contributed by atoms with Crippen molar-refractivity contribution in [3.8, 4) is 5.75 Å². The lowest BCUT2D eigenvalue weighted by Gasteiger charge is -2.39. The molecule has 200 valence electrons. The van der Waals surface area contributed by atoms with E-state index in [2.05, 4.69) is 10.1 Å². The van der Waals surface area contributed by atoms with Crippen LogP contribution in [0.3, 0.4) is 0 Å². The molecular formula is C24H21BF5N3O5. The van der Waals surface area contributed by atoms with Crippen LogP contribution < -0.4 is 15.4 Å². The number of hydrogen-bond donors (Lipinski definition) is 2. The number of fused-ring (bicyclic) bond motifs is 1. The highest BCUT2D eigenvalue weighted by Crippen LogP contribution is 2.41. The van der Waals surface area contributed by atoms with E-state index in [0.29, 0.717) is 23.3 Å². The van der Waals surface area contributed by atoms with Gasteiger partial charge in [0.25, 0.3) is 11.8 Å². The number of carbonyl (C=O) groups is 4. The molecule has 0 saturated carbocycles. The Labute approximate surface area is 213 Å². The van der Waals surface area contributed by atoms with Crippen LogP contribution in [0.5, 0.6) is 5.75 Å². The highest BCUT2D eigenvalue weighted by atomic mass is 19.4. The minimum atomic E-state index is -5.16. The Morgan fingerprint density at radius 1 is 1.11 bits per heavy atom. The Balaban J connectivity index is 1.50. The summed E-state index contributed by atoms with van der Waals surface area (Å²) in [6.07, 6.45) is -4.98. The molecule has 0 radical (unpaired) electrons. The molecule has 0 aliphatic carbocycles. The molecule has 2 aliphatic heterocycles. The van der Waals surface area contributed by atoms with Crippen molar-refractivity contribution < 1.29 is 45.9 Å². The van der Waals surface area contributed by atoms with Crippen LogP contribution in [0, 0.1) is 0 Å². The summed E-state index contributed by atoms with van der Waals surface area (Å²) in [4.78, 5) is 50.6. The third-order valence-electron chi connectivity index (χ3n) is 6.76. The summed E-state index contributed by atoms with van der Waals surface area (Å²) < 4.78 is 74.6. The maximum Gasteiger partial charge on any atom is 0.417 e. The molecule has 14 heteroatoms. The summed E-state index contributed by atoms with van der Waals surface area (Å²) in [5.41, 5.74) is -3.44. The van der Waals surface area contributed by atoms with E-state index in [1.165, 1.54) is 30.9 Å². The highest BCUT2D eigenvalue weighted by molar-refractivity contribution is 6.32. The fourth-order valence-corrected chi connectivity index (χ4v) is 4.51. The van der Waals surface area contributed by atoms with Crippen LogP contribution in [0.4, 0.5) is 22.0 Å². The topological polar surface area (TPSA) is 105 Å². The lowest BCUT2D eigenvalue weighted by Crippen LogP contribution is -2.63. The van der Waals surface area contributed by atoms with Gasteiger partial charge in [-0.2, -0.15) is 22.0 Å². The van der Waals surface area contributed by atoms with E-state index in [4.69, 9.17) is 0 Å². The summed E-state index contributed by atoms with van der Waals surface area (Å²) in [6.45, 7) is -0.454. The lowest BCUT2D eigenvalue weighted by molar-refractivity contribution is -0.153. The molecule has 2 aliphatic rings. The first kappa shape index (κ1) is 27.1. The quantitative estimate of drug-likeness (QED) is 0.333. The summed E-state index contributed by atoms with van der Waals surface area (Å²) in [5, 5.41) is 4.17. The molecule has 4 rings (SSSR count). The van der Waals surface area contributed by atoms with E-state index in [1.54, 1.807) is 0 Å². The van der Waals surface area contributed by atoms with E-state index in [1.807, 2.05) is 5.32 Å². The highest BCUT2D eigenvalue weighted by Gasteiger charge is 2.49. The van der Waals surface area contributed by atoms with Gasteiger partial charge in [0.05, 0.1) is 18.1 Å². The summed E-state index contributed by atoms with van der Waals surface area (Å²) in [6, 6.07) is 6.08. The molecule has 2 aromatic carbocycles. The molecule has 0 spiro atoms. The molecule has 2 N–H and O–H groups in total. The van der Waals surface area contributed by atoms with Crippen molar-refractivity contribution in [2.45, 2.75) is 43.5 Å². The van der Waals surface area contributed by atoms with Crippen LogP contribution in [-0.4, -0.2) is 48.9 Å². The van der Waals surface area contributed by atoms with Gasteiger partial charge in [-0.1, -0.05) is 12.1 Å². The first-order valence-electron chi connectivity index (χ1n) is 11.4. The SMILES string of the molecule is B[C@@]1(N2Cc3cc(CNC(=O)C(F)(F)c4ccc(OC)cc4C(F)(F)F)ccc3C2=O)CCC(=O)NC1=O. The molecule has 2 heterocycles. The van der Waals surface area contributed by atoms with Gasteiger partial charge in [0.2, 0.25) is 11.8 Å². The number of hydrogen-bond acceptors (Lipinski definition) is 5. The van der Waals surface area contributed by atoms with Crippen LogP contribution in [0.15, 0.2) is 36.4 Å². The zero-order chi connectivity index (χ0) is 28.0. The van der Waals surface area contributed by atoms with Crippen molar-refractivity contribution in [2.24, 2.45) is 0 Å². The van der Waals surface area contributed by atoms with Crippen molar-refractivity contribution in [1.82, 2.24) is 15.5 Å². The van der Waals surface area contributed by atoms with Crippen LogP contribution in [0.1, 0.15) is 45.5 Å². The Hall–Kier alpha value is -3.97. The van der Waals surface area contributed by atoms with Gasteiger partial charge >= 0.3 is 12.1 Å². The average molecular weight is 537 g/mol. The molecule has 2 aromatic rings. The summed E-state index contributed by atoms with van der Waals surface area (Å²) in [5.74, 6) is -8.26. The van der Waals surface area contributed by atoms with E-state index in [0.717, 1.165) is 13.2 Å². The molecule has 0 unspecified atom stereocenters. The average Bonchev–Trinajstić information content (AvgIpc) is 3.20. The van der Waals surface area contributed by atoms with Gasteiger partial charge in [0.15, 0.2) is 0 Å². The summed E-state index contributed by atoms with van der Waals surface area (Å²) >= 11 is 0. The molecule has 1 atom stereocenters. The number of nitrogens with zero attached hydrogens (tertiary/aromatic N) is 1. The van der Waals surface area contributed by atoms with Crippen molar-refractivity contribution in [1.29, 1.82) is 0 Å². The van der Waals surface area contributed by atoms with Crippen LogP contribution >= 0.6 is 0 Å². The molecular weight excluding hydrogens is 516 g/mol. The van der Waals surface area contributed by atoms with Gasteiger partial charge in [-0.3, -0.25) is 24.5 Å². The minimum Gasteiger partial charge on any atom is -0.497 e. The number of nitrogens with one attached hydrogen (secondary N) is 2. The van der Waals surface area contributed by atoms with E-state index >= 15 is 0 Å². The predicted octanol–water partition coefficient (Wildman–Crippen LogP) is 1.84. The van der Waals surface area contributed by atoms with Gasteiger partial charge in [0.1, 0.15) is 13.6 Å². The molecule has 38 heavy (non-hydrogen) atoms. The molecule has 0 aromatic heterocycles. The zero-order valence-electron chi connectivity index (χ0n) is 20.2. The number of ether oxygens (including phenoxy) is 1. The number of piperidine rings is 1. The molecule has 1 fully saturated rings. The Kier molecular flexibility index (Phi) is 6.70. The van der Waals surface area contributed by atoms with Gasteiger partial charge < -0.3 is 15.0 Å². The monoisotopic (exact) mass is 537 g/mol. The van der Waals surface area contributed by atoms with Crippen molar-refractivity contribution >= 4 is 31.5 Å². The van der Waals surface area contributed by atoms with Gasteiger partial charge in [0, 0.05) is 30.6 Å². The van der Waals surface area contributed by atoms with E-state index in [-0.39, 0.29) is 30.7 Å². The number of benzene rings is 2. The van der Waals surface area contributed by atoms with Gasteiger partial charge in [-0.25, -0.2) is 0 Å². The maximum absolute atomic E-state index is 14.8. The Bertz CT molecular complexity index is 1350. The smallest absolute Gasteiger partial charge is 0.417 e. The summed E-state index contributed by atoms with van der Waals surface area (Å²) in [7, 11) is 2.62. The standard InChI is InChI=1S/C24H21BF5N3O5/c1-38-14-3-5-16(17(9-14)24(28,29)30)23(26,27)21(37)31-10-12-2-4-15-13(8-12)11-33(19(15)35)22(25)7-6-18(34)32-20(22)36/h2-5,8-9H,6-7,10-11,25H2,1H3,(H,31,37)(H,32,34,36)/t22-/m1/s1. The predicted molar refractivity (Wildman–Crippen MR) is 124 cm³/mol. The fraction of sp³-hybridized carbons (Fsp3) is 0.333. The van der Waals surface area contributed by atoms with Crippen LogP contribution in [0.2, 0.25) is 0 Å². The molecule has 8 nitrogen and oxygen atoms in total. The molecule has 1 saturated heterocycles. The van der Waals surface area contributed by atoms with Crippen LogP contribution in [0.25, 0.3) is 0 Å². The van der Waals surface area contributed by atoms with E-state index in [9.17, 15) is 41.1 Å². The Morgan fingerprint density at radius 3 is 2.45 bits per heavy atom. The number of methoxy groups -OCH3 is 1.